The fourth-order valence-corrected chi connectivity index (χ4v) is 4.08. The number of anilines is 1. The highest BCUT2D eigenvalue weighted by Crippen LogP contribution is 2.27. The molecule has 34 heavy (non-hydrogen) atoms. The van der Waals surface area contributed by atoms with Crippen LogP contribution in [0.2, 0.25) is 0 Å². The van der Waals surface area contributed by atoms with Crippen molar-refractivity contribution in [1.29, 1.82) is 0 Å². The lowest BCUT2D eigenvalue weighted by Gasteiger charge is -2.13. The minimum atomic E-state index is -1.71. The van der Waals surface area contributed by atoms with Gasteiger partial charge in [0.2, 0.25) is 5.91 Å². The van der Waals surface area contributed by atoms with Crippen molar-refractivity contribution in [3.05, 3.63) is 64.3 Å². The number of aromatic amines is 1. The van der Waals surface area contributed by atoms with Crippen molar-refractivity contribution in [2.75, 3.05) is 5.32 Å². The first-order valence-corrected chi connectivity index (χ1v) is 11.0. The monoisotopic (exact) mass is 466 g/mol. The summed E-state index contributed by atoms with van der Waals surface area (Å²) in [5.74, 6) is -5.48. The van der Waals surface area contributed by atoms with Crippen LogP contribution in [-0.4, -0.2) is 44.1 Å². The summed E-state index contributed by atoms with van der Waals surface area (Å²) in [6, 6.07) is 9.64. The molecule has 178 valence electrons. The highest BCUT2D eigenvalue weighted by atomic mass is 16.4. The molecule has 0 bridgehead atoms. The molecule has 1 amide bonds. The van der Waals surface area contributed by atoms with Crippen LogP contribution in [0.3, 0.4) is 0 Å². The highest BCUT2D eigenvalue weighted by Gasteiger charge is 2.28. The van der Waals surface area contributed by atoms with E-state index in [9.17, 15) is 34.5 Å². The zero-order valence-electron chi connectivity index (χ0n) is 18.7. The number of carboxylic acids is 3. The van der Waals surface area contributed by atoms with Crippen LogP contribution in [0.15, 0.2) is 36.4 Å². The Bertz CT molecular complexity index is 1260. The Morgan fingerprint density at radius 3 is 2.21 bits per heavy atom. The number of hydrogen-bond acceptors (Lipinski definition) is 4. The van der Waals surface area contributed by atoms with E-state index in [2.05, 4.69) is 17.2 Å². The number of fused-ring (bicyclic) bond motifs is 1. The van der Waals surface area contributed by atoms with Crippen molar-refractivity contribution < 1.29 is 34.5 Å². The van der Waals surface area contributed by atoms with Gasteiger partial charge in [0.25, 0.3) is 0 Å². The normalized spacial score (nSPS) is 10.9. The number of amides is 1. The summed E-state index contributed by atoms with van der Waals surface area (Å²) < 4.78 is 0. The van der Waals surface area contributed by atoms with Gasteiger partial charge in [0.15, 0.2) is 0 Å². The van der Waals surface area contributed by atoms with Crippen LogP contribution >= 0.6 is 0 Å². The molecule has 3 aromatic rings. The van der Waals surface area contributed by atoms with Crippen LogP contribution in [0.25, 0.3) is 10.9 Å². The molecule has 0 saturated heterocycles. The third kappa shape index (κ3) is 5.25. The summed E-state index contributed by atoms with van der Waals surface area (Å²) in [7, 11) is 0. The summed E-state index contributed by atoms with van der Waals surface area (Å²) >= 11 is 0. The third-order valence-corrected chi connectivity index (χ3v) is 5.66. The number of carboxylic acid groups (broad SMARTS) is 3. The van der Waals surface area contributed by atoms with Crippen LogP contribution in [0.4, 0.5) is 5.69 Å². The van der Waals surface area contributed by atoms with Crippen molar-refractivity contribution in [1.82, 2.24) is 4.98 Å². The number of benzene rings is 2. The number of carbonyl (C=O) groups excluding carboxylic acids is 1. The molecule has 1 heterocycles. The summed E-state index contributed by atoms with van der Waals surface area (Å²) in [6.45, 7) is 2.13. The zero-order valence-corrected chi connectivity index (χ0v) is 18.7. The lowest BCUT2D eigenvalue weighted by atomic mass is 9.98. The van der Waals surface area contributed by atoms with E-state index in [-0.39, 0.29) is 12.1 Å². The molecule has 0 saturated carbocycles. The molecule has 0 aliphatic rings. The Labute approximate surface area is 195 Å². The van der Waals surface area contributed by atoms with Crippen molar-refractivity contribution in [3.8, 4) is 0 Å². The summed E-state index contributed by atoms with van der Waals surface area (Å²) in [5, 5.41) is 31.6. The minimum Gasteiger partial charge on any atom is -0.478 e. The van der Waals surface area contributed by atoms with Gasteiger partial charge in [0.05, 0.1) is 28.8 Å². The van der Waals surface area contributed by atoms with Gasteiger partial charge in [-0.2, -0.15) is 0 Å². The van der Waals surface area contributed by atoms with E-state index in [1.165, 1.54) is 0 Å². The van der Waals surface area contributed by atoms with Gasteiger partial charge in [0.1, 0.15) is 0 Å². The van der Waals surface area contributed by atoms with E-state index in [1.54, 1.807) is 0 Å². The van der Waals surface area contributed by atoms with E-state index in [0.717, 1.165) is 66.4 Å². The van der Waals surface area contributed by atoms with Gasteiger partial charge < -0.3 is 25.6 Å². The lowest BCUT2D eigenvalue weighted by molar-refractivity contribution is -0.115. The van der Waals surface area contributed by atoms with E-state index in [4.69, 9.17) is 0 Å². The molecule has 0 spiro atoms. The second-order valence-corrected chi connectivity index (χ2v) is 7.99. The first-order valence-electron chi connectivity index (χ1n) is 11.0. The van der Waals surface area contributed by atoms with Crippen LogP contribution in [0.1, 0.15) is 74.9 Å². The Morgan fingerprint density at radius 2 is 1.56 bits per heavy atom. The number of para-hydroxylation sites is 1. The SMILES string of the molecule is CCCCCCc1[nH]c2ccccc2c1CC(=O)Nc1ccc(C(=O)O)c(C(=O)O)c1C(=O)O. The largest absolute Gasteiger partial charge is 0.478 e. The van der Waals surface area contributed by atoms with Crippen molar-refractivity contribution >= 4 is 40.4 Å². The maximum atomic E-state index is 12.9. The number of aromatic carboxylic acids is 3. The minimum absolute atomic E-state index is 0.0602. The topological polar surface area (TPSA) is 157 Å². The molecule has 3 rings (SSSR count). The van der Waals surface area contributed by atoms with Crippen molar-refractivity contribution in [3.63, 3.8) is 0 Å². The number of hydrogen-bond donors (Lipinski definition) is 5. The molecule has 0 aliphatic heterocycles. The number of aromatic nitrogens is 1. The van der Waals surface area contributed by atoms with Crippen LogP contribution in [0.5, 0.6) is 0 Å². The van der Waals surface area contributed by atoms with Gasteiger partial charge in [-0.25, -0.2) is 14.4 Å². The maximum absolute atomic E-state index is 12.9. The molecule has 2 aromatic carbocycles. The number of aryl methyl sites for hydroxylation is 1. The van der Waals surface area contributed by atoms with Gasteiger partial charge in [-0.1, -0.05) is 44.4 Å². The zero-order chi connectivity index (χ0) is 24.8. The molecule has 0 atom stereocenters. The standard InChI is InChI=1S/C25H26N2O7/c1-2-3-4-5-9-18-16(14-8-6-7-10-17(14)26-18)13-20(28)27-19-12-11-15(23(29)30)21(24(31)32)22(19)25(33)34/h6-8,10-12,26H,2-5,9,13H2,1H3,(H,27,28)(H,29,30)(H,31,32)(H,33,34). The van der Waals surface area contributed by atoms with Gasteiger partial charge in [-0.15, -0.1) is 0 Å². The van der Waals surface area contributed by atoms with E-state index in [1.807, 2.05) is 24.3 Å². The fraction of sp³-hybridized carbons (Fsp3) is 0.280. The smallest absolute Gasteiger partial charge is 0.338 e. The molecule has 0 aliphatic carbocycles. The van der Waals surface area contributed by atoms with Crippen LogP contribution < -0.4 is 5.32 Å². The van der Waals surface area contributed by atoms with Gasteiger partial charge >= 0.3 is 17.9 Å². The highest BCUT2D eigenvalue weighted by molar-refractivity contribution is 6.13. The first kappa shape index (κ1) is 24.5. The average Bonchev–Trinajstić information content (AvgIpc) is 3.13. The van der Waals surface area contributed by atoms with Crippen molar-refractivity contribution in [2.45, 2.75) is 45.4 Å². The Balaban J connectivity index is 1.93. The summed E-state index contributed by atoms with van der Waals surface area (Å²) in [6.07, 6.45) is 4.94. The van der Waals surface area contributed by atoms with Gasteiger partial charge in [-0.05, 0) is 36.6 Å². The molecule has 0 unspecified atom stereocenters. The predicted octanol–water partition coefficient (Wildman–Crippen LogP) is 4.57. The quantitative estimate of drug-likeness (QED) is 0.259. The molecular formula is C25H26N2O7. The predicted molar refractivity (Wildman–Crippen MR) is 126 cm³/mol. The van der Waals surface area contributed by atoms with E-state index >= 15 is 0 Å². The Hall–Kier alpha value is -4.14. The maximum Gasteiger partial charge on any atom is 0.338 e. The van der Waals surface area contributed by atoms with Crippen LogP contribution in [0, 0.1) is 0 Å². The first-order chi connectivity index (χ1) is 16.2. The molecule has 9 nitrogen and oxygen atoms in total. The van der Waals surface area contributed by atoms with Gasteiger partial charge in [0, 0.05) is 16.6 Å². The van der Waals surface area contributed by atoms with E-state index in [0.29, 0.717) is 0 Å². The molecule has 5 N–H and O–H groups in total. The number of rotatable bonds is 11. The van der Waals surface area contributed by atoms with E-state index < -0.39 is 40.5 Å². The fourth-order valence-electron chi connectivity index (χ4n) is 4.08. The molecule has 0 radical (unpaired) electrons. The molecular weight excluding hydrogens is 440 g/mol. The number of nitrogens with one attached hydrogen (secondary N) is 2. The molecule has 0 fully saturated rings. The molecule has 9 heteroatoms. The van der Waals surface area contributed by atoms with Crippen LogP contribution in [-0.2, 0) is 17.6 Å². The van der Waals surface area contributed by atoms with Gasteiger partial charge in [-0.3, -0.25) is 4.79 Å². The summed E-state index contributed by atoms with van der Waals surface area (Å²) in [5.41, 5.74) is 0.000503. The molecule has 1 aromatic heterocycles. The average molecular weight is 466 g/mol. The number of carbonyl (C=O) groups is 4. The van der Waals surface area contributed by atoms with Crippen molar-refractivity contribution in [2.24, 2.45) is 0 Å². The number of H-pyrrole nitrogens is 1. The Kier molecular flexibility index (Phi) is 7.68. The second-order valence-electron chi connectivity index (χ2n) is 7.99. The third-order valence-electron chi connectivity index (χ3n) is 5.66. The number of unbranched alkanes of at least 4 members (excludes halogenated alkanes) is 3. The Morgan fingerprint density at radius 1 is 0.853 bits per heavy atom. The lowest BCUT2D eigenvalue weighted by Crippen LogP contribution is -2.21. The second kappa shape index (κ2) is 10.7. The summed E-state index contributed by atoms with van der Waals surface area (Å²) in [4.78, 5) is 51.1.